The van der Waals surface area contributed by atoms with Gasteiger partial charge in [0.15, 0.2) is 5.13 Å². The van der Waals surface area contributed by atoms with E-state index in [2.05, 4.69) is 18.7 Å². The maximum absolute atomic E-state index is 14.3. The monoisotopic (exact) mass is 473 g/mol. The van der Waals surface area contributed by atoms with Crippen molar-refractivity contribution in [3.8, 4) is 5.75 Å². The fourth-order valence-corrected chi connectivity index (χ4v) is 5.12. The van der Waals surface area contributed by atoms with Crippen LogP contribution < -0.4 is 9.64 Å². The highest BCUT2D eigenvalue weighted by Gasteiger charge is 2.30. The van der Waals surface area contributed by atoms with Crippen molar-refractivity contribution in [3.05, 3.63) is 90.0 Å². The highest BCUT2D eigenvalue weighted by molar-refractivity contribution is 7.22. The van der Waals surface area contributed by atoms with Crippen LogP contribution in [0.15, 0.2) is 78.9 Å². The lowest BCUT2D eigenvalue weighted by molar-refractivity contribution is -0.119. The SMILES string of the molecule is CCN(CC)CCN(C(=O)C(c1ccccc1)c1ccccc1)c1nc2cc(OC)ccc2s1. The van der Waals surface area contributed by atoms with Crippen LogP contribution in [0, 0.1) is 0 Å². The number of amides is 1. The standard InChI is InChI=1S/C28H31N3O2S/c1-4-30(5-2)18-19-31(28-29-24-20-23(33-3)16-17-25(24)34-28)27(32)26(21-12-8-6-9-13-21)22-14-10-7-11-15-22/h6-17,20,26H,4-5,18-19H2,1-3H3. The number of carbonyl (C=O) groups is 1. The van der Waals surface area contributed by atoms with Crippen molar-refractivity contribution >= 4 is 32.6 Å². The smallest absolute Gasteiger partial charge is 0.240 e. The van der Waals surface area contributed by atoms with Gasteiger partial charge in [0.25, 0.3) is 0 Å². The predicted molar refractivity (Wildman–Crippen MR) is 141 cm³/mol. The molecular formula is C28H31N3O2S. The van der Waals surface area contributed by atoms with Gasteiger partial charge in [-0.3, -0.25) is 9.69 Å². The van der Waals surface area contributed by atoms with Crippen molar-refractivity contribution in [1.82, 2.24) is 9.88 Å². The molecule has 4 aromatic rings. The minimum atomic E-state index is -0.402. The summed E-state index contributed by atoms with van der Waals surface area (Å²) in [5, 5.41) is 0.720. The molecule has 1 aromatic heterocycles. The van der Waals surface area contributed by atoms with E-state index >= 15 is 0 Å². The van der Waals surface area contributed by atoms with E-state index in [1.165, 1.54) is 0 Å². The number of hydrogen-bond acceptors (Lipinski definition) is 5. The number of hydrogen-bond donors (Lipinski definition) is 0. The second kappa shape index (κ2) is 11.3. The van der Waals surface area contributed by atoms with E-state index in [1.807, 2.05) is 83.8 Å². The molecule has 176 valence electrons. The molecule has 0 saturated carbocycles. The van der Waals surface area contributed by atoms with Crippen LogP contribution in [-0.4, -0.2) is 49.1 Å². The van der Waals surface area contributed by atoms with Crippen molar-refractivity contribution in [3.63, 3.8) is 0 Å². The zero-order chi connectivity index (χ0) is 23.9. The lowest BCUT2D eigenvalue weighted by Gasteiger charge is -2.28. The van der Waals surface area contributed by atoms with Crippen LogP contribution in [0.3, 0.4) is 0 Å². The highest BCUT2D eigenvalue weighted by Crippen LogP contribution is 2.34. The summed E-state index contributed by atoms with van der Waals surface area (Å²) in [7, 11) is 1.65. The first-order chi connectivity index (χ1) is 16.6. The summed E-state index contributed by atoms with van der Waals surface area (Å²) in [5.74, 6) is 0.396. The van der Waals surface area contributed by atoms with Gasteiger partial charge in [-0.25, -0.2) is 4.98 Å². The number of anilines is 1. The Morgan fingerprint density at radius 3 is 2.09 bits per heavy atom. The van der Waals surface area contributed by atoms with Crippen LogP contribution in [0.1, 0.15) is 30.9 Å². The number of aromatic nitrogens is 1. The van der Waals surface area contributed by atoms with Gasteiger partial charge in [0.05, 0.1) is 23.2 Å². The van der Waals surface area contributed by atoms with Crippen LogP contribution in [0.5, 0.6) is 5.75 Å². The molecule has 0 bridgehead atoms. The number of likely N-dealkylation sites (N-methyl/N-ethyl adjacent to an activating group) is 1. The molecule has 1 amide bonds. The Kier molecular flexibility index (Phi) is 7.93. The average molecular weight is 474 g/mol. The van der Waals surface area contributed by atoms with E-state index in [0.29, 0.717) is 6.54 Å². The van der Waals surface area contributed by atoms with Crippen molar-refractivity contribution in [2.24, 2.45) is 0 Å². The van der Waals surface area contributed by atoms with E-state index in [-0.39, 0.29) is 5.91 Å². The molecule has 5 nitrogen and oxygen atoms in total. The maximum atomic E-state index is 14.3. The molecule has 0 atom stereocenters. The van der Waals surface area contributed by atoms with Gasteiger partial charge in [-0.1, -0.05) is 85.8 Å². The number of thiazole rings is 1. The molecule has 4 rings (SSSR count). The summed E-state index contributed by atoms with van der Waals surface area (Å²) in [5.41, 5.74) is 2.81. The Bertz CT molecular complexity index is 1170. The summed E-state index contributed by atoms with van der Waals surface area (Å²) in [6.07, 6.45) is 0. The molecule has 0 N–H and O–H groups in total. The Morgan fingerprint density at radius 1 is 0.912 bits per heavy atom. The van der Waals surface area contributed by atoms with Gasteiger partial charge in [0, 0.05) is 19.2 Å². The predicted octanol–water partition coefficient (Wildman–Crippen LogP) is 5.81. The van der Waals surface area contributed by atoms with Crippen molar-refractivity contribution in [2.45, 2.75) is 19.8 Å². The Hall–Kier alpha value is -3.22. The zero-order valence-electron chi connectivity index (χ0n) is 20.0. The van der Waals surface area contributed by atoms with E-state index in [1.54, 1.807) is 18.4 Å². The molecular weight excluding hydrogens is 442 g/mol. The molecule has 34 heavy (non-hydrogen) atoms. The van der Waals surface area contributed by atoms with Gasteiger partial charge in [-0.05, 0) is 36.3 Å². The lowest BCUT2D eigenvalue weighted by Crippen LogP contribution is -2.41. The second-order valence-corrected chi connectivity index (χ2v) is 9.11. The van der Waals surface area contributed by atoms with E-state index in [4.69, 9.17) is 9.72 Å². The number of fused-ring (bicyclic) bond motifs is 1. The number of rotatable bonds is 10. The second-order valence-electron chi connectivity index (χ2n) is 8.10. The minimum absolute atomic E-state index is 0.0376. The third kappa shape index (κ3) is 5.29. The Morgan fingerprint density at radius 2 is 1.53 bits per heavy atom. The molecule has 0 spiro atoms. The van der Waals surface area contributed by atoms with Crippen LogP contribution in [0.2, 0.25) is 0 Å². The molecule has 0 aliphatic carbocycles. The molecule has 0 unspecified atom stereocenters. The maximum Gasteiger partial charge on any atom is 0.240 e. The van der Waals surface area contributed by atoms with Crippen LogP contribution >= 0.6 is 11.3 Å². The molecule has 0 saturated heterocycles. The van der Waals surface area contributed by atoms with Gasteiger partial charge in [0.2, 0.25) is 5.91 Å². The van der Waals surface area contributed by atoms with E-state index in [0.717, 1.165) is 51.9 Å². The summed E-state index contributed by atoms with van der Waals surface area (Å²) in [4.78, 5) is 23.4. The number of carbonyl (C=O) groups excluding carboxylic acids is 1. The van der Waals surface area contributed by atoms with E-state index in [9.17, 15) is 4.79 Å². The largest absolute Gasteiger partial charge is 0.497 e. The zero-order valence-corrected chi connectivity index (χ0v) is 20.8. The van der Waals surface area contributed by atoms with Crippen LogP contribution in [-0.2, 0) is 4.79 Å². The fourth-order valence-electron chi connectivity index (χ4n) is 4.14. The Labute approximate surface area is 205 Å². The topological polar surface area (TPSA) is 45.7 Å². The van der Waals surface area contributed by atoms with Gasteiger partial charge in [-0.15, -0.1) is 0 Å². The van der Waals surface area contributed by atoms with Gasteiger partial charge in [0.1, 0.15) is 5.75 Å². The first-order valence-corrected chi connectivity index (χ1v) is 12.5. The number of methoxy groups -OCH3 is 1. The first-order valence-electron chi connectivity index (χ1n) is 11.7. The molecule has 0 fully saturated rings. The molecule has 1 heterocycles. The Balaban J connectivity index is 1.77. The number of nitrogens with zero attached hydrogens (tertiary/aromatic N) is 3. The summed E-state index contributed by atoms with van der Waals surface area (Å²) >= 11 is 1.55. The minimum Gasteiger partial charge on any atom is -0.497 e. The van der Waals surface area contributed by atoms with Gasteiger partial charge in [-0.2, -0.15) is 0 Å². The van der Waals surface area contributed by atoms with Crippen molar-refractivity contribution < 1.29 is 9.53 Å². The molecule has 6 heteroatoms. The van der Waals surface area contributed by atoms with Crippen molar-refractivity contribution in [1.29, 1.82) is 0 Å². The number of ether oxygens (including phenoxy) is 1. The molecule has 0 aliphatic rings. The lowest BCUT2D eigenvalue weighted by atomic mass is 9.90. The van der Waals surface area contributed by atoms with Crippen LogP contribution in [0.25, 0.3) is 10.2 Å². The summed E-state index contributed by atoms with van der Waals surface area (Å²) < 4.78 is 6.41. The summed E-state index contributed by atoms with van der Waals surface area (Å²) in [6.45, 7) is 7.54. The average Bonchev–Trinajstić information content (AvgIpc) is 3.31. The fraction of sp³-hybridized carbons (Fsp3) is 0.286. The number of benzene rings is 3. The van der Waals surface area contributed by atoms with Gasteiger partial charge < -0.3 is 9.64 Å². The van der Waals surface area contributed by atoms with Gasteiger partial charge >= 0.3 is 0 Å². The molecule has 3 aromatic carbocycles. The summed E-state index contributed by atoms with van der Waals surface area (Å²) in [6, 6.07) is 25.9. The van der Waals surface area contributed by atoms with E-state index < -0.39 is 5.92 Å². The third-order valence-corrected chi connectivity index (χ3v) is 7.19. The first kappa shape index (κ1) is 23.9. The normalized spacial score (nSPS) is 11.3. The highest BCUT2D eigenvalue weighted by atomic mass is 32.1. The van der Waals surface area contributed by atoms with Crippen LogP contribution in [0.4, 0.5) is 5.13 Å². The molecule has 0 radical (unpaired) electrons. The van der Waals surface area contributed by atoms with Crippen molar-refractivity contribution in [2.75, 3.05) is 38.2 Å². The quantitative estimate of drug-likeness (QED) is 0.291. The third-order valence-electron chi connectivity index (χ3n) is 6.13. The molecule has 0 aliphatic heterocycles.